The summed E-state index contributed by atoms with van der Waals surface area (Å²) < 4.78 is 8.13. The molecule has 1 aromatic carbocycles. The number of hydrogen-bond donors (Lipinski definition) is 1. The summed E-state index contributed by atoms with van der Waals surface area (Å²) in [6, 6.07) is 10.6. The molecule has 0 atom stereocenters. The Hall–Kier alpha value is -1.75. The summed E-state index contributed by atoms with van der Waals surface area (Å²) in [5.74, 6) is 0.788. The van der Waals surface area contributed by atoms with Crippen molar-refractivity contribution in [2.75, 3.05) is 12.3 Å². The average molecular weight is 323 g/mol. The average Bonchev–Trinajstić information content (AvgIpc) is 2.40. The number of pyridine rings is 1. The third kappa shape index (κ3) is 4.13. The van der Waals surface area contributed by atoms with E-state index in [1.807, 2.05) is 12.1 Å². The number of hydrogen-bond acceptors (Lipinski definition) is 3. The van der Waals surface area contributed by atoms with E-state index in [1.165, 1.54) is 0 Å². The van der Waals surface area contributed by atoms with Crippen LogP contribution >= 0.6 is 15.9 Å². The zero-order valence-electron chi connectivity index (χ0n) is 10.4. The summed E-state index contributed by atoms with van der Waals surface area (Å²) in [6.45, 7) is 1.19. The smallest absolute Gasteiger partial charge is 0.250 e. The summed E-state index contributed by atoms with van der Waals surface area (Å²) in [6.07, 6.45) is 2.55. The van der Waals surface area contributed by atoms with Gasteiger partial charge in [-0.3, -0.25) is 4.79 Å². The van der Waals surface area contributed by atoms with Crippen molar-refractivity contribution in [1.29, 1.82) is 0 Å². The number of nitrogens with zero attached hydrogens (tertiary/aromatic N) is 1. The number of nitrogens with two attached hydrogens (primary N) is 1. The highest BCUT2D eigenvalue weighted by molar-refractivity contribution is 9.10. The summed E-state index contributed by atoms with van der Waals surface area (Å²) in [4.78, 5) is 11.6. The second kappa shape index (κ2) is 6.43. The molecular weight excluding hydrogens is 308 g/mol. The number of rotatable bonds is 5. The maximum absolute atomic E-state index is 11.6. The fourth-order valence-electron chi connectivity index (χ4n) is 1.67. The van der Waals surface area contributed by atoms with Gasteiger partial charge in [0.2, 0.25) is 0 Å². The van der Waals surface area contributed by atoms with Crippen molar-refractivity contribution < 1.29 is 4.74 Å². The van der Waals surface area contributed by atoms with Crippen molar-refractivity contribution >= 4 is 21.6 Å². The van der Waals surface area contributed by atoms with E-state index >= 15 is 0 Å². The lowest BCUT2D eigenvalue weighted by Crippen LogP contribution is -2.19. The van der Waals surface area contributed by atoms with E-state index in [0.717, 1.165) is 16.6 Å². The van der Waals surface area contributed by atoms with E-state index in [9.17, 15) is 4.79 Å². The number of aryl methyl sites for hydroxylation is 1. The summed E-state index contributed by atoms with van der Waals surface area (Å²) >= 11 is 3.35. The highest BCUT2D eigenvalue weighted by Gasteiger charge is 1.98. The molecule has 0 radical (unpaired) electrons. The molecule has 4 nitrogen and oxygen atoms in total. The maximum atomic E-state index is 11.6. The van der Waals surface area contributed by atoms with E-state index in [4.69, 9.17) is 10.5 Å². The van der Waals surface area contributed by atoms with Crippen LogP contribution in [0.3, 0.4) is 0 Å². The Kier molecular flexibility index (Phi) is 4.63. The van der Waals surface area contributed by atoms with Gasteiger partial charge in [-0.05, 0) is 52.7 Å². The number of benzene rings is 1. The molecule has 0 aliphatic heterocycles. The minimum Gasteiger partial charge on any atom is -0.494 e. The van der Waals surface area contributed by atoms with Gasteiger partial charge < -0.3 is 15.0 Å². The molecule has 0 aliphatic rings. The molecule has 2 rings (SSSR count). The molecule has 100 valence electrons. The lowest BCUT2D eigenvalue weighted by atomic mass is 10.3. The Labute approximate surface area is 119 Å². The highest BCUT2D eigenvalue weighted by Crippen LogP contribution is 2.13. The number of nitrogen functional groups attached to an aromatic ring is 1. The molecule has 0 aliphatic carbocycles. The molecule has 0 spiro atoms. The quantitative estimate of drug-likeness (QED) is 0.680. The van der Waals surface area contributed by atoms with Crippen LogP contribution in [-0.4, -0.2) is 11.2 Å². The molecule has 2 aromatic rings. The summed E-state index contributed by atoms with van der Waals surface area (Å²) in [5, 5.41) is 0. The van der Waals surface area contributed by atoms with Crippen LogP contribution in [0.1, 0.15) is 6.42 Å². The van der Waals surface area contributed by atoms with Crippen LogP contribution in [0.4, 0.5) is 5.69 Å². The lowest BCUT2D eigenvalue weighted by Gasteiger charge is -2.08. The Morgan fingerprint density at radius 1 is 1.16 bits per heavy atom. The van der Waals surface area contributed by atoms with Crippen molar-refractivity contribution in [3.05, 3.63) is 57.4 Å². The highest BCUT2D eigenvalue weighted by atomic mass is 79.9. The molecule has 0 saturated heterocycles. The predicted octanol–water partition coefficient (Wildman–Crippen LogP) is 2.66. The van der Waals surface area contributed by atoms with Crippen molar-refractivity contribution in [2.24, 2.45) is 0 Å². The molecule has 0 unspecified atom stereocenters. The Morgan fingerprint density at radius 3 is 2.63 bits per heavy atom. The first kappa shape index (κ1) is 13.7. The van der Waals surface area contributed by atoms with Gasteiger partial charge in [0.05, 0.1) is 6.61 Å². The fourth-order valence-corrected chi connectivity index (χ4v) is 2.05. The van der Waals surface area contributed by atoms with Gasteiger partial charge in [-0.1, -0.05) is 0 Å². The first-order chi connectivity index (χ1) is 9.15. The van der Waals surface area contributed by atoms with E-state index in [-0.39, 0.29) is 5.56 Å². The Morgan fingerprint density at radius 2 is 1.89 bits per heavy atom. The SMILES string of the molecule is Nc1ccc(OCCCn2cc(Br)ccc2=O)cc1. The van der Waals surface area contributed by atoms with Crippen LogP contribution in [0.2, 0.25) is 0 Å². The largest absolute Gasteiger partial charge is 0.494 e. The third-order valence-electron chi connectivity index (χ3n) is 2.64. The number of ether oxygens (including phenoxy) is 1. The molecule has 2 N–H and O–H groups in total. The van der Waals surface area contributed by atoms with Crippen molar-refractivity contribution in [2.45, 2.75) is 13.0 Å². The minimum atomic E-state index is -0.00400. The zero-order chi connectivity index (χ0) is 13.7. The zero-order valence-corrected chi connectivity index (χ0v) is 12.0. The van der Waals surface area contributed by atoms with Gasteiger partial charge in [-0.15, -0.1) is 0 Å². The molecule has 0 amide bonds. The minimum absolute atomic E-state index is 0.00400. The first-order valence-corrected chi connectivity index (χ1v) is 6.79. The molecule has 19 heavy (non-hydrogen) atoms. The van der Waals surface area contributed by atoms with Crippen LogP contribution in [-0.2, 0) is 6.54 Å². The van der Waals surface area contributed by atoms with E-state index in [1.54, 1.807) is 35.0 Å². The van der Waals surface area contributed by atoms with Gasteiger partial charge in [-0.25, -0.2) is 0 Å². The summed E-state index contributed by atoms with van der Waals surface area (Å²) in [5.41, 5.74) is 6.30. The van der Waals surface area contributed by atoms with Crippen molar-refractivity contribution in [3.8, 4) is 5.75 Å². The van der Waals surface area contributed by atoms with Crippen LogP contribution in [0.25, 0.3) is 0 Å². The topological polar surface area (TPSA) is 57.2 Å². The second-order valence-electron chi connectivity index (χ2n) is 4.15. The van der Waals surface area contributed by atoms with Crippen LogP contribution < -0.4 is 16.0 Å². The van der Waals surface area contributed by atoms with Crippen LogP contribution in [0, 0.1) is 0 Å². The Balaban J connectivity index is 1.82. The summed E-state index contributed by atoms with van der Waals surface area (Å²) in [7, 11) is 0. The standard InChI is InChI=1S/C14H15BrN2O2/c15-11-2-7-14(18)17(10-11)8-1-9-19-13-5-3-12(16)4-6-13/h2-7,10H,1,8-9,16H2. The Bertz CT molecular complexity index is 593. The van der Waals surface area contributed by atoms with E-state index < -0.39 is 0 Å². The number of aromatic nitrogens is 1. The molecule has 1 heterocycles. The van der Waals surface area contributed by atoms with Crippen LogP contribution in [0.5, 0.6) is 5.75 Å². The van der Waals surface area contributed by atoms with Gasteiger partial charge in [0.25, 0.3) is 5.56 Å². The molecule has 5 heteroatoms. The monoisotopic (exact) mass is 322 g/mol. The van der Waals surface area contributed by atoms with Crippen molar-refractivity contribution in [1.82, 2.24) is 4.57 Å². The molecule has 0 fully saturated rings. The number of anilines is 1. The predicted molar refractivity (Wildman–Crippen MR) is 79.4 cm³/mol. The van der Waals surface area contributed by atoms with Gasteiger partial charge >= 0.3 is 0 Å². The third-order valence-corrected chi connectivity index (χ3v) is 3.11. The first-order valence-electron chi connectivity index (χ1n) is 5.99. The van der Waals surface area contributed by atoms with Crippen molar-refractivity contribution in [3.63, 3.8) is 0 Å². The molecule has 0 saturated carbocycles. The normalized spacial score (nSPS) is 10.4. The number of halogens is 1. The molecular formula is C14H15BrN2O2. The maximum Gasteiger partial charge on any atom is 0.250 e. The van der Waals surface area contributed by atoms with E-state index in [0.29, 0.717) is 18.8 Å². The lowest BCUT2D eigenvalue weighted by molar-refractivity contribution is 0.301. The van der Waals surface area contributed by atoms with Crippen LogP contribution in [0.15, 0.2) is 51.9 Å². The fraction of sp³-hybridized carbons (Fsp3) is 0.214. The molecule has 1 aromatic heterocycles. The van der Waals surface area contributed by atoms with Gasteiger partial charge in [0.1, 0.15) is 5.75 Å². The van der Waals surface area contributed by atoms with Gasteiger partial charge in [0, 0.05) is 29.0 Å². The van der Waals surface area contributed by atoms with Gasteiger partial charge in [-0.2, -0.15) is 0 Å². The van der Waals surface area contributed by atoms with Gasteiger partial charge in [0.15, 0.2) is 0 Å². The second-order valence-corrected chi connectivity index (χ2v) is 5.07. The van der Waals surface area contributed by atoms with E-state index in [2.05, 4.69) is 15.9 Å². The molecule has 0 bridgehead atoms.